The summed E-state index contributed by atoms with van der Waals surface area (Å²) in [4.78, 5) is 0. The number of aryl methyl sites for hydroxylation is 2. The summed E-state index contributed by atoms with van der Waals surface area (Å²) >= 11 is 0. The third-order valence-corrected chi connectivity index (χ3v) is 2.60. The van der Waals surface area contributed by atoms with E-state index < -0.39 is 0 Å². The van der Waals surface area contributed by atoms with Crippen molar-refractivity contribution in [1.29, 1.82) is 0 Å². The van der Waals surface area contributed by atoms with E-state index in [-0.39, 0.29) is 0 Å². The van der Waals surface area contributed by atoms with Gasteiger partial charge in [-0.05, 0) is 44.7 Å². The van der Waals surface area contributed by atoms with Gasteiger partial charge in [0.2, 0.25) is 0 Å². The fourth-order valence-electron chi connectivity index (χ4n) is 1.83. The lowest BCUT2D eigenvalue weighted by atomic mass is 10.1. The highest BCUT2D eigenvalue weighted by Gasteiger charge is 2.09. The van der Waals surface area contributed by atoms with E-state index in [4.69, 9.17) is 0 Å². The van der Waals surface area contributed by atoms with Crippen molar-refractivity contribution >= 4 is 7.69 Å². The molecule has 0 aromatic carbocycles. The van der Waals surface area contributed by atoms with Crippen LogP contribution in [0.3, 0.4) is 0 Å². The highest BCUT2D eigenvalue weighted by Crippen LogP contribution is 2.15. The second-order valence-electron chi connectivity index (χ2n) is 3.80. The molecule has 0 atom stereocenters. The molecular weight excluding hydrogens is 188 g/mol. The maximum absolute atomic E-state index is 12.7. The van der Waals surface area contributed by atoms with Gasteiger partial charge in [-0.1, -0.05) is 19.1 Å². The Hall–Kier alpha value is -0.985. The maximum atomic E-state index is 12.7. The maximum Gasteiger partial charge on any atom is 0.495 e. The SMILES string of the molecule is CCC=CCCc1c(C)cc(C)n1[B]F. The summed E-state index contributed by atoms with van der Waals surface area (Å²) in [5, 5.41) is 0. The molecule has 0 saturated carbocycles. The van der Waals surface area contributed by atoms with E-state index in [1.807, 2.05) is 19.9 Å². The molecule has 1 heterocycles. The van der Waals surface area contributed by atoms with Gasteiger partial charge in [-0.3, -0.25) is 0 Å². The van der Waals surface area contributed by atoms with Crippen LogP contribution in [-0.2, 0) is 6.42 Å². The Labute approximate surface area is 92.3 Å². The predicted molar refractivity (Wildman–Crippen MR) is 63.9 cm³/mol. The number of halogens is 1. The van der Waals surface area contributed by atoms with Gasteiger partial charge in [0.25, 0.3) is 0 Å². The average molecular weight is 206 g/mol. The first-order valence-electron chi connectivity index (χ1n) is 5.46. The molecule has 15 heavy (non-hydrogen) atoms. The van der Waals surface area contributed by atoms with Crippen LogP contribution in [0.2, 0.25) is 0 Å². The molecule has 0 N–H and O–H groups in total. The quantitative estimate of drug-likeness (QED) is 0.514. The molecule has 1 nitrogen and oxygen atoms in total. The van der Waals surface area contributed by atoms with Crippen LogP contribution in [0.25, 0.3) is 0 Å². The zero-order valence-electron chi connectivity index (χ0n) is 9.76. The molecule has 1 radical (unpaired) electrons. The van der Waals surface area contributed by atoms with Gasteiger partial charge in [0.1, 0.15) is 0 Å². The van der Waals surface area contributed by atoms with Crippen LogP contribution in [0.1, 0.15) is 36.7 Å². The van der Waals surface area contributed by atoms with Crippen molar-refractivity contribution in [3.63, 3.8) is 0 Å². The zero-order valence-corrected chi connectivity index (χ0v) is 9.76. The number of aromatic nitrogens is 1. The summed E-state index contributed by atoms with van der Waals surface area (Å²) in [6, 6.07) is 2.02. The van der Waals surface area contributed by atoms with E-state index >= 15 is 0 Å². The molecule has 0 fully saturated rings. The molecule has 0 amide bonds. The van der Waals surface area contributed by atoms with E-state index in [0.29, 0.717) is 7.69 Å². The van der Waals surface area contributed by atoms with Crippen LogP contribution in [0.4, 0.5) is 4.32 Å². The van der Waals surface area contributed by atoms with Gasteiger partial charge in [-0.25, -0.2) is 0 Å². The van der Waals surface area contributed by atoms with Gasteiger partial charge in [0, 0.05) is 11.4 Å². The lowest BCUT2D eigenvalue weighted by Crippen LogP contribution is -2.07. The largest absolute Gasteiger partial charge is 0.495 e. The van der Waals surface area contributed by atoms with E-state index in [0.717, 1.165) is 30.7 Å². The van der Waals surface area contributed by atoms with Gasteiger partial charge in [-0.15, -0.1) is 0 Å². The van der Waals surface area contributed by atoms with Gasteiger partial charge in [0.15, 0.2) is 0 Å². The van der Waals surface area contributed by atoms with E-state index in [2.05, 4.69) is 19.1 Å². The summed E-state index contributed by atoms with van der Waals surface area (Å²) in [5.74, 6) is 0. The molecule has 0 unspecified atom stereocenters. The Morgan fingerprint density at radius 1 is 1.40 bits per heavy atom. The Morgan fingerprint density at radius 2 is 2.13 bits per heavy atom. The van der Waals surface area contributed by atoms with Gasteiger partial charge < -0.3 is 8.79 Å². The summed E-state index contributed by atoms with van der Waals surface area (Å²) < 4.78 is 14.3. The Balaban J connectivity index is 2.71. The van der Waals surface area contributed by atoms with Gasteiger partial charge >= 0.3 is 7.69 Å². The molecular formula is C12H18BFN. The summed E-state index contributed by atoms with van der Waals surface area (Å²) in [6.07, 6.45) is 7.25. The third-order valence-electron chi connectivity index (χ3n) is 2.60. The van der Waals surface area contributed by atoms with Crippen molar-refractivity contribution < 1.29 is 4.32 Å². The van der Waals surface area contributed by atoms with Crippen LogP contribution in [-0.4, -0.2) is 12.2 Å². The highest BCUT2D eigenvalue weighted by molar-refractivity contribution is 6.24. The van der Waals surface area contributed by atoms with Gasteiger partial charge in [-0.2, -0.15) is 0 Å². The van der Waals surface area contributed by atoms with Crippen molar-refractivity contribution in [2.75, 3.05) is 0 Å². The summed E-state index contributed by atoms with van der Waals surface area (Å²) in [5.41, 5.74) is 3.21. The number of allylic oxidation sites excluding steroid dienone is 2. The fraction of sp³-hybridized carbons (Fsp3) is 0.500. The molecule has 0 bridgehead atoms. The third kappa shape index (κ3) is 2.98. The van der Waals surface area contributed by atoms with Crippen LogP contribution in [0, 0.1) is 13.8 Å². The molecule has 0 saturated heterocycles. The molecule has 81 valence electrons. The average Bonchev–Trinajstić information content (AvgIpc) is 2.48. The predicted octanol–water partition coefficient (Wildman–Crippen LogP) is 3.36. The van der Waals surface area contributed by atoms with Crippen molar-refractivity contribution in [2.24, 2.45) is 0 Å². The molecule has 0 aliphatic carbocycles. The summed E-state index contributed by atoms with van der Waals surface area (Å²) in [6.45, 7) is 6.07. The first kappa shape index (κ1) is 12.1. The van der Waals surface area contributed by atoms with Crippen LogP contribution < -0.4 is 0 Å². The molecule has 0 aliphatic rings. The topological polar surface area (TPSA) is 4.93 Å². The second-order valence-corrected chi connectivity index (χ2v) is 3.80. The monoisotopic (exact) mass is 206 g/mol. The number of hydrogen-bond acceptors (Lipinski definition) is 0. The van der Waals surface area contributed by atoms with Crippen molar-refractivity contribution in [3.8, 4) is 0 Å². The minimum Gasteiger partial charge on any atom is -0.366 e. The Morgan fingerprint density at radius 3 is 2.73 bits per heavy atom. The molecule has 3 heteroatoms. The summed E-state index contributed by atoms with van der Waals surface area (Å²) in [7, 11) is 0.654. The molecule has 1 rings (SSSR count). The minimum absolute atomic E-state index is 0.654. The van der Waals surface area contributed by atoms with Crippen molar-refractivity contribution in [3.05, 3.63) is 35.2 Å². The Kier molecular flexibility index (Phi) is 4.66. The second kappa shape index (κ2) is 5.79. The normalized spacial score (nSPS) is 11.2. The molecule has 1 aromatic heterocycles. The molecule has 1 aromatic rings. The van der Waals surface area contributed by atoms with Crippen LogP contribution in [0.5, 0.6) is 0 Å². The number of rotatable bonds is 5. The van der Waals surface area contributed by atoms with E-state index in [1.165, 1.54) is 5.56 Å². The smallest absolute Gasteiger partial charge is 0.366 e. The molecule has 0 spiro atoms. The van der Waals surface area contributed by atoms with E-state index in [9.17, 15) is 4.32 Å². The molecule has 0 aliphatic heterocycles. The fourth-order valence-corrected chi connectivity index (χ4v) is 1.83. The minimum atomic E-state index is 0.654. The lowest BCUT2D eigenvalue weighted by Gasteiger charge is -2.05. The first-order valence-corrected chi connectivity index (χ1v) is 5.46. The van der Waals surface area contributed by atoms with Crippen LogP contribution >= 0.6 is 0 Å². The number of hydrogen-bond donors (Lipinski definition) is 0. The van der Waals surface area contributed by atoms with Crippen LogP contribution in [0.15, 0.2) is 18.2 Å². The zero-order chi connectivity index (χ0) is 11.3. The van der Waals surface area contributed by atoms with Crippen molar-refractivity contribution in [1.82, 2.24) is 4.48 Å². The Bertz CT molecular complexity index is 342. The number of nitrogens with zero attached hydrogens (tertiary/aromatic N) is 1. The lowest BCUT2D eigenvalue weighted by molar-refractivity contribution is 0.798. The van der Waals surface area contributed by atoms with E-state index in [1.54, 1.807) is 4.48 Å². The highest BCUT2D eigenvalue weighted by atomic mass is 19.1. The standard InChI is InChI=1S/C12H18BFN/c1-4-5-6-7-8-12-10(2)9-11(3)15(12)13-14/h5-6,9H,4,7-8H2,1-3H3. The van der Waals surface area contributed by atoms with Crippen molar-refractivity contribution in [2.45, 2.75) is 40.0 Å². The first-order chi connectivity index (χ1) is 7.20. The van der Waals surface area contributed by atoms with Gasteiger partial charge in [0.05, 0.1) is 0 Å².